The molecule has 0 radical (unpaired) electrons. The first kappa shape index (κ1) is 16.7. The van der Waals surface area contributed by atoms with Crippen LogP contribution in [-0.4, -0.2) is 10.8 Å². The summed E-state index contributed by atoms with van der Waals surface area (Å²) in [6, 6.07) is 12.1. The number of nitrogens with one attached hydrogen (secondary N) is 1. The van der Waals surface area contributed by atoms with Crippen LogP contribution < -0.4 is 5.32 Å². The Labute approximate surface area is 135 Å². The number of carbonyl (C=O) groups is 1. The SMILES string of the molecule is Cc1c(C(=O)Nc2ccc(C(C)(C)C)cc2)cccc1[N+](=O)[O-]. The molecular formula is C18H20N2O3. The van der Waals surface area contributed by atoms with Crippen molar-refractivity contribution in [1.82, 2.24) is 0 Å². The summed E-state index contributed by atoms with van der Waals surface area (Å²) in [5.74, 6) is -0.352. The maximum atomic E-state index is 12.4. The van der Waals surface area contributed by atoms with Gasteiger partial charge >= 0.3 is 0 Å². The van der Waals surface area contributed by atoms with E-state index in [9.17, 15) is 14.9 Å². The Morgan fingerprint density at radius 3 is 2.22 bits per heavy atom. The number of anilines is 1. The van der Waals surface area contributed by atoms with E-state index in [-0.39, 0.29) is 17.0 Å². The first-order valence-corrected chi connectivity index (χ1v) is 7.36. The maximum Gasteiger partial charge on any atom is 0.273 e. The van der Waals surface area contributed by atoms with Crippen LogP contribution in [0.2, 0.25) is 0 Å². The quantitative estimate of drug-likeness (QED) is 0.672. The van der Waals surface area contributed by atoms with Gasteiger partial charge in [-0.05, 0) is 36.1 Å². The fraction of sp³-hybridized carbons (Fsp3) is 0.278. The van der Waals surface area contributed by atoms with Crippen molar-refractivity contribution >= 4 is 17.3 Å². The van der Waals surface area contributed by atoms with E-state index in [1.54, 1.807) is 13.0 Å². The minimum atomic E-state index is -0.482. The van der Waals surface area contributed by atoms with Crippen molar-refractivity contribution in [2.75, 3.05) is 5.32 Å². The third kappa shape index (κ3) is 3.74. The summed E-state index contributed by atoms with van der Waals surface area (Å²) in [5.41, 5.74) is 2.48. The Bertz CT molecular complexity index is 744. The van der Waals surface area contributed by atoms with E-state index in [1.807, 2.05) is 24.3 Å². The number of hydrogen-bond acceptors (Lipinski definition) is 3. The summed E-state index contributed by atoms with van der Waals surface area (Å²) in [6.45, 7) is 7.93. The molecule has 5 heteroatoms. The number of hydrogen-bond donors (Lipinski definition) is 1. The topological polar surface area (TPSA) is 72.2 Å². The molecule has 2 aromatic rings. The average Bonchev–Trinajstić information content (AvgIpc) is 2.46. The molecule has 23 heavy (non-hydrogen) atoms. The predicted molar refractivity (Wildman–Crippen MR) is 90.9 cm³/mol. The number of nitrogens with zero attached hydrogens (tertiary/aromatic N) is 1. The van der Waals surface area contributed by atoms with Gasteiger partial charge in [0.2, 0.25) is 0 Å². The van der Waals surface area contributed by atoms with E-state index >= 15 is 0 Å². The van der Waals surface area contributed by atoms with Crippen LogP contribution in [0.3, 0.4) is 0 Å². The highest BCUT2D eigenvalue weighted by molar-refractivity contribution is 6.05. The van der Waals surface area contributed by atoms with Crippen molar-refractivity contribution in [3.8, 4) is 0 Å². The Hall–Kier alpha value is -2.69. The molecule has 0 aliphatic heterocycles. The second-order valence-corrected chi connectivity index (χ2v) is 6.49. The zero-order valence-electron chi connectivity index (χ0n) is 13.7. The Morgan fingerprint density at radius 1 is 1.09 bits per heavy atom. The minimum Gasteiger partial charge on any atom is -0.322 e. The summed E-state index contributed by atoms with van der Waals surface area (Å²) in [4.78, 5) is 22.8. The van der Waals surface area contributed by atoms with Crippen LogP contribution in [0.4, 0.5) is 11.4 Å². The normalized spacial score (nSPS) is 11.1. The molecule has 0 aliphatic rings. The van der Waals surface area contributed by atoms with Crippen molar-refractivity contribution in [3.63, 3.8) is 0 Å². The number of nitro groups is 1. The largest absolute Gasteiger partial charge is 0.322 e. The summed E-state index contributed by atoms with van der Waals surface area (Å²) in [5, 5.41) is 13.7. The lowest BCUT2D eigenvalue weighted by Gasteiger charge is -2.19. The lowest BCUT2D eigenvalue weighted by molar-refractivity contribution is -0.385. The van der Waals surface area contributed by atoms with Crippen LogP contribution in [0, 0.1) is 17.0 Å². The predicted octanol–water partition coefficient (Wildman–Crippen LogP) is 4.45. The summed E-state index contributed by atoms with van der Waals surface area (Å²) in [6.07, 6.45) is 0. The van der Waals surface area contributed by atoms with Gasteiger partial charge in [-0.15, -0.1) is 0 Å². The molecular weight excluding hydrogens is 292 g/mol. The van der Waals surface area contributed by atoms with Gasteiger partial charge in [0.05, 0.1) is 4.92 Å². The van der Waals surface area contributed by atoms with Gasteiger partial charge in [-0.3, -0.25) is 14.9 Å². The van der Waals surface area contributed by atoms with E-state index in [1.165, 1.54) is 17.7 Å². The van der Waals surface area contributed by atoms with Crippen LogP contribution >= 0.6 is 0 Å². The molecule has 0 heterocycles. The van der Waals surface area contributed by atoms with Gasteiger partial charge in [-0.1, -0.05) is 39.0 Å². The molecule has 0 saturated carbocycles. The zero-order valence-corrected chi connectivity index (χ0v) is 13.7. The van der Waals surface area contributed by atoms with Gasteiger partial charge in [0.1, 0.15) is 0 Å². The van der Waals surface area contributed by atoms with Gasteiger partial charge in [0.25, 0.3) is 11.6 Å². The first-order valence-electron chi connectivity index (χ1n) is 7.36. The van der Waals surface area contributed by atoms with Crippen LogP contribution in [0.5, 0.6) is 0 Å². The third-order valence-corrected chi connectivity index (χ3v) is 3.76. The van der Waals surface area contributed by atoms with Gasteiger partial charge in [-0.2, -0.15) is 0 Å². The highest BCUT2D eigenvalue weighted by Gasteiger charge is 2.18. The molecule has 1 N–H and O–H groups in total. The molecule has 2 rings (SSSR count). The number of benzene rings is 2. The number of rotatable bonds is 3. The number of amides is 1. The first-order chi connectivity index (χ1) is 10.7. The minimum absolute atomic E-state index is 0.0408. The van der Waals surface area contributed by atoms with Crippen molar-refractivity contribution in [1.29, 1.82) is 0 Å². The average molecular weight is 312 g/mol. The van der Waals surface area contributed by atoms with Gasteiger partial charge in [-0.25, -0.2) is 0 Å². The molecule has 5 nitrogen and oxygen atoms in total. The molecule has 0 aromatic heterocycles. The molecule has 0 fully saturated rings. The molecule has 0 spiro atoms. The van der Waals surface area contributed by atoms with E-state index in [0.29, 0.717) is 16.8 Å². The Balaban J connectivity index is 2.23. The molecule has 0 atom stereocenters. The molecule has 0 saturated heterocycles. The second kappa shape index (κ2) is 6.20. The Kier molecular flexibility index (Phi) is 4.50. The van der Waals surface area contributed by atoms with Crippen molar-refractivity contribution in [3.05, 3.63) is 69.3 Å². The molecule has 0 unspecified atom stereocenters. The van der Waals surface area contributed by atoms with Gasteiger partial charge in [0.15, 0.2) is 0 Å². The second-order valence-electron chi connectivity index (χ2n) is 6.49. The van der Waals surface area contributed by atoms with Crippen LogP contribution in [0.15, 0.2) is 42.5 Å². The van der Waals surface area contributed by atoms with E-state index in [4.69, 9.17) is 0 Å². The summed E-state index contributed by atoms with van der Waals surface area (Å²) >= 11 is 0. The van der Waals surface area contributed by atoms with E-state index in [2.05, 4.69) is 26.1 Å². The highest BCUT2D eigenvalue weighted by atomic mass is 16.6. The van der Waals surface area contributed by atoms with Crippen LogP contribution in [0.1, 0.15) is 42.3 Å². The fourth-order valence-corrected chi connectivity index (χ4v) is 2.32. The lowest BCUT2D eigenvalue weighted by Crippen LogP contribution is -2.15. The highest BCUT2D eigenvalue weighted by Crippen LogP contribution is 2.25. The van der Waals surface area contributed by atoms with Crippen molar-refractivity contribution in [2.45, 2.75) is 33.1 Å². The fourth-order valence-electron chi connectivity index (χ4n) is 2.32. The molecule has 1 amide bonds. The van der Waals surface area contributed by atoms with Crippen molar-refractivity contribution < 1.29 is 9.72 Å². The molecule has 2 aromatic carbocycles. The number of carbonyl (C=O) groups excluding carboxylic acids is 1. The zero-order chi connectivity index (χ0) is 17.2. The van der Waals surface area contributed by atoms with Gasteiger partial charge in [0, 0.05) is 22.9 Å². The molecule has 0 bridgehead atoms. The lowest BCUT2D eigenvalue weighted by atomic mass is 9.87. The summed E-state index contributed by atoms with van der Waals surface area (Å²) < 4.78 is 0. The van der Waals surface area contributed by atoms with Crippen LogP contribution in [-0.2, 0) is 5.41 Å². The van der Waals surface area contributed by atoms with Gasteiger partial charge < -0.3 is 5.32 Å². The summed E-state index contributed by atoms with van der Waals surface area (Å²) in [7, 11) is 0. The number of nitro benzene ring substituents is 1. The third-order valence-electron chi connectivity index (χ3n) is 3.76. The monoisotopic (exact) mass is 312 g/mol. The van der Waals surface area contributed by atoms with Crippen LogP contribution in [0.25, 0.3) is 0 Å². The maximum absolute atomic E-state index is 12.4. The smallest absolute Gasteiger partial charge is 0.273 e. The van der Waals surface area contributed by atoms with E-state index < -0.39 is 4.92 Å². The standard InChI is InChI=1S/C18H20N2O3/c1-12-15(6-5-7-16(12)20(22)23)17(21)19-14-10-8-13(9-11-14)18(2,3)4/h5-11H,1-4H3,(H,19,21). The van der Waals surface area contributed by atoms with E-state index in [0.717, 1.165) is 0 Å². The molecule has 120 valence electrons. The van der Waals surface area contributed by atoms with Crippen molar-refractivity contribution in [2.24, 2.45) is 0 Å². The molecule has 0 aliphatic carbocycles. The Morgan fingerprint density at radius 2 is 1.70 bits per heavy atom.